The van der Waals surface area contributed by atoms with Crippen molar-refractivity contribution in [2.45, 2.75) is 31.3 Å². The number of hydrogen-bond donors (Lipinski definition) is 3. The summed E-state index contributed by atoms with van der Waals surface area (Å²) in [6, 6.07) is 21.5. The van der Waals surface area contributed by atoms with Crippen LogP contribution in [0.25, 0.3) is 0 Å². The highest BCUT2D eigenvalue weighted by Crippen LogP contribution is 2.28. The van der Waals surface area contributed by atoms with E-state index in [0.717, 1.165) is 0 Å². The highest BCUT2D eigenvalue weighted by Gasteiger charge is 2.34. The van der Waals surface area contributed by atoms with Gasteiger partial charge in [0.25, 0.3) is 0 Å². The summed E-state index contributed by atoms with van der Waals surface area (Å²) in [4.78, 5) is 37.2. The maximum atomic E-state index is 14.2. The van der Waals surface area contributed by atoms with Crippen LogP contribution in [0.15, 0.2) is 84.9 Å². The zero-order chi connectivity index (χ0) is 23.8. The molecule has 0 aliphatic carbocycles. The molecule has 0 aromatic heterocycles. The number of aliphatic carboxylic acids is 1. The number of carboxylic acids is 1. The van der Waals surface area contributed by atoms with Crippen LogP contribution in [-0.2, 0) is 20.8 Å². The van der Waals surface area contributed by atoms with E-state index in [4.69, 9.17) is 0 Å². The summed E-state index contributed by atoms with van der Waals surface area (Å²) in [5, 5.41) is 15.1. The van der Waals surface area contributed by atoms with Crippen molar-refractivity contribution in [3.63, 3.8) is 0 Å². The zero-order valence-corrected chi connectivity index (χ0v) is 18.1. The van der Waals surface area contributed by atoms with E-state index in [2.05, 4.69) is 10.6 Å². The van der Waals surface area contributed by atoms with Crippen LogP contribution < -0.4 is 10.6 Å². The van der Waals surface area contributed by atoms with Crippen LogP contribution in [0.2, 0.25) is 0 Å². The maximum absolute atomic E-state index is 14.2. The third-order valence-corrected chi connectivity index (χ3v) is 5.29. The van der Waals surface area contributed by atoms with Gasteiger partial charge in [0.2, 0.25) is 11.8 Å². The number of hydrogen-bond acceptors (Lipinski definition) is 3. The van der Waals surface area contributed by atoms with Gasteiger partial charge in [-0.2, -0.15) is 0 Å². The summed E-state index contributed by atoms with van der Waals surface area (Å²) in [7, 11) is 0. The Morgan fingerprint density at radius 3 is 1.82 bits per heavy atom. The van der Waals surface area contributed by atoms with Crippen LogP contribution in [0, 0.1) is 5.82 Å². The van der Waals surface area contributed by atoms with Gasteiger partial charge in [-0.3, -0.25) is 9.59 Å². The second-order valence-electron chi connectivity index (χ2n) is 7.67. The lowest BCUT2D eigenvalue weighted by atomic mass is 9.84. The molecule has 0 unspecified atom stereocenters. The van der Waals surface area contributed by atoms with Crippen LogP contribution >= 0.6 is 0 Å². The van der Waals surface area contributed by atoms with Crippen molar-refractivity contribution in [2.75, 3.05) is 0 Å². The van der Waals surface area contributed by atoms with E-state index in [1.807, 2.05) is 12.1 Å². The predicted octanol–water partition coefficient (Wildman–Crippen LogP) is 3.27. The Morgan fingerprint density at radius 2 is 1.33 bits per heavy atom. The van der Waals surface area contributed by atoms with Gasteiger partial charge in [0.05, 0.1) is 0 Å². The molecule has 7 heteroatoms. The van der Waals surface area contributed by atoms with Gasteiger partial charge >= 0.3 is 5.97 Å². The Hall–Kier alpha value is -4.00. The van der Waals surface area contributed by atoms with Gasteiger partial charge in [-0.1, -0.05) is 78.9 Å². The number of benzene rings is 3. The maximum Gasteiger partial charge on any atom is 0.327 e. The van der Waals surface area contributed by atoms with Crippen LogP contribution in [-0.4, -0.2) is 35.0 Å². The molecule has 0 spiro atoms. The molecular formula is C26H25FN2O4. The van der Waals surface area contributed by atoms with E-state index in [0.29, 0.717) is 11.1 Å². The van der Waals surface area contributed by atoms with Crippen molar-refractivity contribution in [1.29, 1.82) is 0 Å². The van der Waals surface area contributed by atoms with Crippen molar-refractivity contribution >= 4 is 17.8 Å². The molecule has 3 aromatic carbocycles. The second-order valence-corrected chi connectivity index (χ2v) is 7.67. The van der Waals surface area contributed by atoms with Gasteiger partial charge in [0, 0.05) is 19.3 Å². The average Bonchev–Trinajstić information content (AvgIpc) is 2.80. The predicted molar refractivity (Wildman–Crippen MR) is 122 cm³/mol. The van der Waals surface area contributed by atoms with E-state index < -0.39 is 41.6 Å². The molecule has 170 valence electrons. The van der Waals surface area contributed by atoms with Gasteiger partial charge in [-0.25, -0.2) is 9.18 Å². The molecule has 0 aliphatic heterocycles. The Bertz CT molecular complexity index is 1070. The quantitative estimate of drug-likeness (QED) is 0.468. The van der Waals surface area contributed by atoms with Gasteiger partial charge in [0.1, 0.15) is 17.9 Å². The molecule has 6 nitrogen and oxygen atoms in total. The molecule has 0 radical (unpaired) electrons. The highest BCUT2D eigenvalue weighted by molar-refractivity contribution is 5.90. The number of carbonyl (C=O) groups excluding carboxylic acids is 2. The molecule has 0 fully saturated rings. The molecule has 0 saturated heterocycles. The lowest BCUT2D eigenvalue weighted by Gasteiger charge is -2.28. The number of carbonyl (C=O) groups is 3. The van der Waals surface area contributed by atoms with Gasteiger partial charge < -0.3 is 15.7 Å². The monoisotopic (exact) mass is 448 g/mol. The molecule has 0 aliphatic rings. The lowest BCUT2D eigenvalue weighted by molar-refractivity contribution is -0.142. The minimum absolute atomic E-state index is 0.119. The van der Waals surface area contributed by atoms with E-state index in [1.165, 1.54) is 25.1 Å². The first-order valence-corrected chi connectivity index (χ1v) is 10.5. The van der Waals surface area contributed by atoms with Crippen molar-refractivity contribution in [3.8, 4) is 0 Å². The van der Waals surface area contributed by atoms with Crippen molar-refractivity contribution < 1.29 is 23.9 Å². The normalized spacial score (nSPS) is 12.6. The van der Waals surface area contributed by atoms with Crippen molar-refractivity contribution in [2.24, 2.45) is 0 Å². The molecule has 2 amide bonds. The molecule has 3 aromatic rings. The van der Waals surface area contributed by atoms with E-state index >= 15 is 0 Å². The fourth-order valence-corrected chi connectivity index (χ4v) is 3.78. The summed E-state index contributed by atoms with van der Waals surface area (Å²) in [6.45, 7) is 1.24. The summed E-state index contributed by atoms with van der Waals surface area (Å²) >= 11 is 0. The number of nitrogens with one attached hydrogen (secondary N) is 2. The number of halogens is 1. The molecular weight excluding hydrogens is 423 g/mol. The Labute approximate surface area is 191 Å². The van der Waals surface area contributed by atoms with Crippen LogP contribution in [0.5, 0.6) is 0 Å². The minimum Gasteiger partial charge on any atom is -0.480 e. The molecule has 3 N–H and O–H groups in total. The molecule has 0 bridgehead atoms. The summed E-state index contributed by atoms with van der Waals surface area (Å²) in [6.07, 6.45) is -0.119. The van der Waals surface area contributed by atoms with Crippen LogP contribution in [0.3, 0.4) is 0 Å². The Morgan fingerprint density at radius 1 is 0.818 bits per heavy atom. The Kier molecular flexibility index (Phi) is 7.91. The number of rotatable bonds is 9. The smallest absolute Gasteiger partial charge is 0.327 e. The SMILES string of the molecule is CC(=O)N[C@@H](Cc1ccccc1F)C(=O)N[C@H](C(=O)O)C(c1ccccc1)c1ccccc1. The number of amides is 2. The van der Waals surface area contributed by atoms with Gasteiger partial charge in [-0.05, 0) is 22.8 Å². The molecule has 0 saturated carbocycles. The minimum atomic E-state index is -1.32. The van der Waals surface area contributed by atoms with Gasteiger partial charge in [0.15, 0.2) is 0 Å². The van der Waals surface area contributed by atoms with Gasteiger partial charge in [-0.15, -0.1) is 0 Å². The highest BCUT2D eigenvalue weighted by atomic mass is 19.1. The summed E-state index contributed by atoms with van der Waals surface area (Å²) in [5.41, 5.74) is 1.66. The third kappa shape index (κ3) is 6.26. The summed E-state index contributed by atoms with van der Waals surface area (Å²) < 4.78 is 14.2. The van der Waals surface area contributed by atoms with E-state index in [9.17, 15) is 23.9 Å². The second kappa shape index (κ2) is 11.0. The lowest BCUT2D eigenvalue weighted by Crippen LogP contribution is -2.54. The fraction of sp³-hybridized carbons (Fsp3) is 0.192. The third-order valence-electron chi connectivity index (χ3n) is 5.29. The topological polar surface area (TPSA) is 95.5 Å². The van der Waals surface area contributed by atoms with Crippen LogP contribution in [0.1, 0.15) is 29.5 Å². The largest absolute Gasteiger partial charge is 0.480 e. The molecule has 33 heavy (non-hydrogen) atoms. The average molecular weight is 448 g/mol. The van der Waals surface area contributed by atoms with E-state index in [-0.39, 0.29) is 12.0 Å². The van der Waals surface area contributed by atoms with Crippen LogP contribution in [0.4, 0.5) is 4.39 Å². The Balaban J connectivity index is 1.93. The van der Waals surface area contributed by atoms with E-state index in [1.54, 1.807) is 54.6 Å². The molecule has 3 rings (SSSR count). The first-order chi connectivity index (χ1) is 15.9. The van der Waals surface area contributed by atoms with Crippen molar-refractivity contribution in [3.05, 3.63) is 107 Å². The number of carboxylic acid groups (broad SMARTS) is 1. The molecule has 0 heterocycles. The molecule has 2 atom stereocenters. The van der Waals surface area contributed by atoms with Crippen molar-refractivity contribution in [1.82, 2.24) is 10.6 Å². The summed E-state index contributed by atoms with van der Waals surface area (Å²) in [5.74, 6) is -3.62. The first kappa shape index (κ1) is 23.7. The first-order valence-electron chi connectivity index (χ1n) is 10.5. The standard InChI is InChI=1S/C26H25FN2O4/c1-17(30)28-22(16-20-14-8-9-15-21(20)27)25(31)29-24(26(32)33)23(18-10-4-2-5-11-18)19-12-6-3-7-13-19/h2-15,22-24H,16H2,1H3,(H,28,30)(H,29,31)(H,32,33)/t22-,24-/m0/s1. The zero-order valence-electron chi connectivity index (χ0n) is 18.1. The fourth-order valence-electron chi connectivity index (χ4n) is 3.78.